The molecule has 8 heteroatoms. The number of hydrogen-bond acceptors (Lipinski definition) is 5. The van der Waals surface area contributed by atoms with Crippen molar-refractivity contribution in [3.8, 4) is 0 Å². The summed E-state index contributed by atoms with van der Waals surface area (Å²) >= 11 is 11.1. The molecule has 0 aliphatic rings. The molecule has 0 saturated heterocycles. The summed E-state index contributed by atoms with van der Waals surface area (Å²) in [7, 11) is 0. The molecule has 90 valence electrons. The van der Waals surface area contributed by atoms with Gasteiger partial charge in [0.05, 0.1) is 24.8 Å². The molecule has 2 aromatic heterocycles. The van der Waals surface area contributed by atoms with E-state index in [4.69, 9.17) is 0 Å². The first-order valence-electron chi connectivity index (χ1n) is 4.26. The van der Waals surface area contributed by atoms with Gasteiger partial charge in [-0.1, -0.05) is 0 Å². The Labute approximate surface area is 128 Å². The van der Waals surface area contributed by atoms with E-state index in [-0.39, 0.29) is 0 Å². The summed E-state index contributed by atoms with van der Waals surface area (Å²) in [5.74, 6) is 0. The third-order valence-corrected chi connectivity index (χ3v) is 3.25. The molecule has 4 nitrogen and oxygen atoms in total. The second-order valence-electron chi connectivity index (χ2n) is 2.54. The van der Waals surface area contributed by atoms with Crippen LogP contribution in [0.1, 0.15) is 0 Å². The lowest BCUT2D eigenvalue weighted by molar-refractivity contribution is 1.04. The van der Waals surface area contributed by atoms with Gasteiger partial charge in [-0.15, -0.1) is 11.8 Å². The van der Waals surface area contributed by atoms with Gasteiger partial charge in [-0.2, -0.15) is 0 Å². The lowest BCUT2D eigenvalue weighted by atomic mass is 10.8. The zero-order valence-electron chi connectivity index (χ0n) is 8.64. The molecule has 0 amide bonds. The zero-order valence-corrected chi connectivity index (χ0v) is 14.2. The summed E-state index contributed by atoms with van der Waals surface area (Å²) in [5.41, 5.74) is 0. The highest BCUT2D eigenvalue weighted by atomic mass is 79.9. The van der Waals surface area contributed by atoms with Crippen LogP contribution < -0.4 is 0 Å². The maximum absolute atomic E-state index is 4.05. The van der Waals surface area contributed by atoms with Crippen molar-refractivity contribution < 1.29 is 0 Å². The van der Waals surface area contributed by atoms with Crippen LogP contribution in [0.4, 0.5) is 0 Å². The first-order chi connectivity index (χ1) is 8.11. The number of nitrogens with zero attached hydrogens (tertiary/aromatic N) is 4. The molecule has 0 N–H and O–H groups in total. The van der Waals surface area contributed by atoms with E-state index < -0.39 is 0 Å². The number of rotatable bonds is 1. The third kappa shape index (κ3) is 6.44. The highest BCUT2D eigenvalue weighted by Gasteiger charge is 1.89. The Morgan fingerprint density at radius 3 is 1.47 bits per heavy atom. The van der Waals surface area contributed by atoms with Gasteiger partial charge in [-0.25, -0.2) is 19.9 Å². The summed E-state index contributed by atoms with van der Waals surface area (Å²) in [6.45, 7) is 0. The Kier molecular flexibility index (Phi) is 7.17. The average Bonchev–Trinajstić information content (AvgIpc) is 2.35. The summed E-state index contributed by atoms with van der Waals surface area (Å²) in [6, 6.07) is 0. The highest BCUT2D eigenvalue weighted by Crippen LogP contribution is 2.10. The molecule has 0 unspecified atom stereocenters. The Balaban J connectivity index is 0.000000171. The molecule has 0 aliphatic heterocycles. The Morgan fingerprint density at radius 1 is 0.765 bits per heavy atom. The van der Waals surface area contributed by atoms with Gasteiger partial charge in [0.25, 0.3) is 0 Å². The van der Waals surface area contributed by atoms with Gasteiger partial charge in [-0.05, 0) is 54.0 Å². The topological polar surface area (TPSA) is 51.6 Å². The molecule has 17 heavy (non-hydrogen) atoms. The molecule has 0 aliphatic carbocycles. The molecular formula is C9H7Br3N4S. The molecule has 2 heterocycles. The van der Waals surface area contributed by atoms with E-state index in [1.165, 1.54) is 0 Å². The van der Waals surface area contributed by atoms with Crippen LogP contribution in [-0.2, 0) is 0 Å². The number of aromatic nitrogens is 4. The van der Waals surface area contributed by atoms with Gasteiger partial charge in [0.15, 0.2) is 0 Å². The van der Waals surface area contributed by atoms with Gasteiger partial charge < -0.3 is 0 Å². The van der Waals surface area contributed by atoms with Crippen LogP contribution in [0, 0.1) is 0 Å². The van der Waals surface area contributed by atoms with Crippen LogP contribution in [-0.4, -0.2) is 26.2 Å². The molecule has 0 radical (unpaired) electrons. The number of hydrogen-bond donors (Lipinski definition) is 0. The van der Waals surface area contributed by atoms with Crippen molar-refractivity contribution in [1.29, 1.82) is 0 Å². The minimum atomic E-state index is 0.751. The fraction of sp³-hybridized carbons (Fsp3) is 0.111. The van der Waals surface area contributed by atoms with Crippen LogP contribution in [0.3, 0.4) is 0 Å². The molecular weight excluding hydrogens is 436 g/mol. The summed E-state index contributed by atoms with van der Waals surface area (Å²) in [5, 5.41) is 0.943. The fourth-order valence-corrected chi connectivity index (χ4v) is 1.63. The Hall–Kier alpha value is -0.0500. The van der Waals surface area contributed by atoms with E-state index in [2.05, 4.69) is 67.7 Å². The molecule has 0 bridgehead atoms. The van der Waals surface area contributed by atoms with Gasteiger partial charge in [0.2, 0.25) is 0 Å². The van der Waals surface area contributed by atoms with Gasteiger partial charge in [0, 0.05) is 0 Å². The van der Waals surface area contributed by atoms with Crippen LogP contribution in [0.25, 0.3) is 0 Å². The largest absolute Gasteiger partial charge is 0.246 e. The summed E-state index contributed by atoms with van der Waals surface area (Å²) in [6.07, 6.45) is 8.65. The van der Waals surface area contributed by atoms with Crippen molar-refractivity contribution in [1.82, 2.24) is 19.9 Å². The number of thioether (sulfide) groups is 1. The molecule has 0 saturated carbocycles. The minimum Gasteiger partial charge on any atom is -0.246 e. The van der Waals surface area contributed by atoms with Crippen molar-refractivity contribution in [2.75, 3.05) is 6.26 Å². The normalized spacial score (nSPS) is 9.41. The van der Waals surface area contributed by atoms with E-state index in [1.807, 2.05) is 6.26 Å². The summed E-state index contributed by atoms with van der Waals surface area (Å²) in [4.78, 5) is 15.8. The fourth-order valence-electron chi connectivity index (χ4n) is 0.702. The van der Waals surface area contributed by atoms with Gasteiger partial charge in [0.1, 0.15) is 18.8 Å². The Morgan fingerprint density at radius 2 is 1.18 bits per heavy atom. The van der Waals surface area contributed by atoms with Crippen molar-refractivity contribution in [3.05, 3.63) is 38.6 Å². The standard InChI is InChI=1S/C5H5BrN2S.C4H2Br2N2/c1-9-5-3-7-4(6)2-8-5;5-3-1-7-4(6)2-8-3/h2-3H,1H3;1-2H. The van der Waals surface area contributed by atoms with Crippen molar-refractivity contribution in [2.45, 2.75) is 5.03 Å². The van der Waals surface area contributed by atoms with Crippen LogP contribution >= 0.6 is 59.6 Å². The van der Waals surface area contributed by atoms with E-state index in [9.17, 15) is 0 Å². The van der Waals surface area contributed by atoms with E-state index >= 15 is 0 Å². The molecule has 2 aromatic rings. The van der Waals surface area contributed by atoms with Crippen molar-refractivity contribution in [2.24, 2.45) is 0 Å². The maximum atomic E-state index is 4.05. The Bertz CT molecular complexity index is 428. The molecule has 0 aromatic carbocycles. The van der Waals surface area contributed by atoms with E-state index in [0.717, 1.165) is 18.8 Å². The number of halogens is 3. The zero-order chi connectivity index (χ0) is 12.7. The average molecular weight is 443 g/mol. The second kappa shape index (κ2) is 8.12. The summed E-state index contributed by atoms with van der Waals surface area (Å²) < 4.78 is 2.28. The van der Waals surface area contributed by atoms with Crippen LogP contribution in [0.5, 0.6) is 0 Å². The predicted molar refractivity (Wildman–Crippen MR) is 78.9 cm³/mol. The minimum absolute atomic E-state index is 0.751. The van der Waals surface area contributed by atoms with Gasteiger partial charge in [-0.3, -0.25) is 0 Å². The quantitative estimate of drug-likeness (QED) is 0.625. The molecule has 0 fully saturated rings. The first-order valence-corrected chi connectivity index (χ1v) is 7.86. The first kappa shape index (κ1) is 15.0. The van der Waals surface area contributed by atoms with E-state index in [1.54, 1.807) is 36.5 Å². The van der Waals surface area contributed by atoms with Crippen LogP contribution in [0.15, 0.2) is 43.6 Å². The van der Waals surface area contributed by atoms with Gasteiger partial charge >= 0.3 is 0 Å². The molecule has 0 atom stereocenters. The SMILES string of the molecule is Brc1cnc(Br)cn1.CSc1cnc(Br)cn1. The smallest absolute Gasteiger partial charge is 0.124 e. The van der Waals surface area contributed by atoms with Crippen molar-refractivity contribution >= 4 is 59.6 Å². The van der Waals surface area contributed by atoms with Crippen LogP contribution in [0.2, 0.25) is 0 Å². The van der Waals surface area contributed by atoms with Crippen molar-refractivity contribution in [3.63, 3.8) is 0 Å². The molecule has 2 rings (SSSR count). The lowest BCUT2D eigenvalue weighted by Gasteiger charge is -1.91. The highest BCUT2D eigenvalue weighted by molar-refractivity contribution is 9.11. The third-order valence-electron chi connectivity index (χ3n) is 1.39. The molecule has 0 spiro atoms. The monoisotopic (exact) mass is 440 g/mol. The lowest BCUT2D eigenvalue weighted by Crippen LogP contribution is -1.80. The maximum Gasteiger partial charge on any atom is 0.124 e. The van der Waals surface area contributed by atoms with E-state index in [0.29, 0.717) is 0 Å². The second-order valence-corrected chi connectivity index (χ2v) is 5.81. The predicted octanol–water partition coefficient (Wildman–Crippen LogP) is 3.96.